The van der Waals surface area contributed by atoms with Gasteiger partial charge in [0.1, 0.15) is 0 Å². The molecule has 2 atom stereocenters. The van der Waals surface area contributed by atoms with E-state index in [2.05, 4.69) is 5.32 Å². The van der Waals surface area contributed by atoms with Crippen molar-refractivity contribution in [2.24, 2.45) is 5.92 Å². The molecule has 1 N–H and O–H groups in total. The summed E-state index contributed by atoms with van der Waals surface area (Å²) >= 11 is 6.10. The molecule has 0 saturated carbocycles. The standard InChI is InChI=1S/C27H27ClN2O2/c1-18-9-6-10-19(2)24(18)27(32)30-16-8-15-23(25(30)20-11-4-3-5-12-20)26(31)29-22-14-7-13-21(28)17-22/h3-7,9-14,17,23,25H,8,15-16H2,1-2H3,(H,29,31). The number of amides is 2. The maximum Gasteiger partial charge on any atom is 0.254 e. The molecule has 2 unspecified atom stereocenters. The van der Waals surface area contributed by atoms with E-state index in [4.69, 9.17) is 11.6 Å². The molecule has 4 rings (SSSR count). The number of hydrogen-bond donors (Lipinski definition) is 1. The number of nitrogens with zero attached hydrogens (tertiary/aromatic N) is 1. The molecule has 1 aliphatic heterocycles. The number of carbonyl (C=O) groups is 2. The Labute approximate surface area is 194 Å². The number of carbonyl (C=O) groups excluding carboxylic acids is 2. The van der Waals surface area contributed by atoms with Gasteiger partial charge >= 0.3 is 0 Å². The summed E-state index contributed by atoms with van der Waals surface area (Å²) in [6.45, 7) is 4.54. The average Bonchev–Trinajstić information content (AvgIpc) is 2.79. The number of benzene rings is 3. The molecule has 1 fully saturated rings. The molecule has 0 radical (unpaired) electrons. The van der Waals surface area contributed by atoms with Crippen LogP contribution in [-0.2, 0) is 4.79 Å². The molecule has 0 spiro atoms. The van der Waals surface area contributed by atoms with Gasteiger partial charge in [0, 0.05) is 22.8 Å². The molecule has 4 nitrogen and oxygen atoms in total. The van der Waals surface area contributed by atoms with Gasteiger partial charge in [-0.05, 0) is 61.6 Å². The summed E-state index contributed by atoms with van der Waals surface area (Å²) in [7, 11) is 0. The molecule has 1 heterocycles. The van der Waals surface area contributed by atoms with Crippen LogP contribution in [-0.4, -0.2) is 23.3 Å². The molecule has 5 heteroatoms. The minimum Gasteiger partial charge on any atom is -0.331 e. The van der Waals surface area contributed by atoms with Crippen molar-refractivity contribution in [1.82, 2.24) is 4.90 Å². The third-order valence-corrected chi connectivity index (χ3v) is 6.39. The van der Waals surface area contributed by atoms with Gasteiger partial charge in [-0.3, -0.25) is 9.59 Å². The Hall–Kier alpha value is -3.11. The second kappa shape index (κ2) is 9.58. The van der Waals surface area contributed by atoms with Gasteiger partial charge in [-0.1, -0.05) is 66.2 Å². The summed E-state index contributed by atoms with van der Waals surface area (Å²) in [6, 6.07) is 22.6. The molecule has 164 valence electrons. The third-order valence-electron chi connectivity index (χ3n) is 6.16. The molecule has 2 amide bonds. The van der Waals surface area contributed by atoms with E-state index in [-0.39, 0.29) is 23.8 Å². The molecule has 0 aromatic heterocycles. The Morgan fingerprint density at radius 2 is 1.62 bits per heavy atom. The number of anilines is 1. The highest BCUT2D eigenvalue weighted by molar-refractivity contribution is 6.30. The number of rotatable bonds is 4. The van der Waals surface area contributed by atoms with Crippen LogP contribution in [0.4, 0.5) is 5.69 Å². The van der Waals surface area contributed by atoms with Crippen LogP contribution in [0.15, 0.2) is 72.8 Å². The molecule has 32 heavy (non-hydrogen) atoms. The van der Waals surface area contributed by atoms with Crippen LogP contribution in [0.1, 0.15) is 45.9 Å². The van der Waals surface area contributed by atoms with Crippen LogP contribution in [0, 0.1) is 19.8 Å². The summed E-state index contributed by atoms with van der Waals surface area (Å²) in [5, 5.41) is 3.58. The zero-order valence-corrected chi connectivity index (χ0v) is 19.1. The van der Waals surface area contributed by atoms with E-state index in [1.165, 1.54) is 0 Å². The average molecular weight is 447 g/mol. The van der Waals surface area contributed by atoms with Crippen LogP contribution >= 0.6 is 11.6 Å². The summed E-state index contributed by atoms with van der Waals surface area (Å²) in [4.78, 5) is 29.1. The Bertz CT molecular complexity index is 1110. The lowest BCUT2D eigenvalue weighted by Crippen LogP contribution is -2.46. The Balaban J connectivity index is 1.70. The van der Waals surface area contributed by atoms with Crippen molar-refractivity contribution in [3.63, 3.8) is 0 Å². The Morgan fingerprint density at radius 3 is 2.31 bits per heavy atom. The number of aryl methyl sites for hydroxylation is 2. The molecule has 3 aromatic carbocycles. The van der Waals surface area contributed by atoms with Crippen molar-refractivity contribution in [2.45, 2.75) is 32.7 Å². The monoisotopic (exact) mass is 446 g/mol. The fraction of sp³-hybridized carbons (Fsp3) is 0.259. The molecule has 1 aliphatic rings. The van der Waals surface area contributed by atoms with E-state index >= 15 is 0 Å². The number of likely N-dealkylation sites (tertiary alicyclic amines) is 1. The summed E-state index contributed by atoms with van der Waals surface area (Å²) < 4.78 is 0. The fourth-order valence-electron chi connectivity index (χ4n) is 4.66. The largest absolute Gasteiger partial charge is 0.331 e. The quantitative estimate of drug-likeness (QED) is 0.519. The third kappa shape index (κ3) is 4.56. The lowest BCUT2D eigenvalue weighted by atomic mass is 9.83. The Kier molecular flexibility index (Phi) is 6.61. The molecular formula is C27H27ClN2O2. The van der Waals surface area contributed by atoms with Crippen molar-refractivity contribution in [2.75, 3.05) is 11.9 Å². The van der Waals surface area contributed by atoms with Crippen LogP contribution in [0.2, 0.25) is 5.02 Å². The van der Waals surface area contributed by atoms with Crippen molar-refractivity contribution in [3.05, 3.63) is 100 Å². The van der Waals surface area contributed by atoms with Crippen LogP contribution < -0.4 is 5.32 Å². The highest BCUT2D eigenvalue weighted by atomic mass is 35.5. The lowest BCUT2D eigenvalue weighted by Gasteiger charge is -2.41. The van der Waals surface area contributed by atoms with Gasteiger partial charge in [-0.25, -0.2) is 0 Å². The SMILES string of the molecule is Cc1cccc(C)c1C(=O)N1CCCC(C(=O)Nc2cccc(Cl)c2)C1c1ccccc1. The van der Waals surface area contributed by atoms with E-state index in [0.29, 0.717) is 23.7 Å². The maximum absolute atomic E-state index is 13.8. The topological polar surface area (TPSA) is 49.4 Å². The highest BCUT2D eigenvalue weighted by Gasteiger charge is 2.40. The molecule has 3 aromatic rings. The van der Waals surface area contributed by atoms with Gasteiger partial charge in [-0.15, -0.1) is 0 Å². The first-order chi connectivity index (χ1) is 15.5. The van der Waals surface area contributed by atoms with E-state index in [1.807, 2.05) is 79.4 Å². The van der Waals surface area contributed by atoms with Gasteiger partial charge in [0.25, 0.3) is 5.91 Å². The van der Waals surface area contributed by atoms with Gasteiger partial charge in [0.2, 0.25) is 5.91 Å². The second-order valence-corrected chi connectivity index (χ2v) is 8.81. The van der Waals surface area contributed by atoms with Crippen LogP contribution in [0.3, 0.4) is 0 Å². The Morgan fingerprint density at radius 1 is 0.938 bits per heavy atom. The first-order valence-corrected chi connectivity index (χ1v) is 11.3. The van der Waals surface area contributed by atoms with Crippen molar-refractivity contribution in [3.8, 4) is 0 Å². The number of halogens is 1. The predicted octanol–water partition coefficient (Wildman–Crippen LogP) is 6.19. The number of nitrogens with one attached hydrogen (secondary N) is 1. The first kappa shape index (κ1) is 22.1. The summed E-state index contributed by atoms with van der Waals surface area (Å²) in [6.07, 6.45) is 1.48. The first-order valence-electron chi connectivity index (χ1n) is 10.9. The van der Waals surface area contributed by atoms with Gasteiger partial charge in [-0.2, -0.15) is 0 Å². The fourth-order valence-corrected chi connectivity index (χ4v) is 4.85. The van der Waals surface area contributed by atoms with Gasteiger partial charge in [0.15, 0.2) is 0 Å². The maximum atomic E-state index is 13.8. The van der Waals surface area contributed by atoms with Crippen LogP contribution in [0.25, 0.3) is 0 Å². The van der Waals surface area contributed by atoms with Crippen molar-refractivity contribution >= 4 is 29.1 Å². The molecule has 0 bridgehead atoms. The van der Waals surface area contributed by atoms with E-state index in [0.717, 1.165) is 28.7 Å². The van der Waals surface area contributed by atoms with Gasteiger partial charge in [0.05, 0.1) is 12.0 Å². The van der Waals surface area contributed by atoms with E-state index in [9.17, 15) is 9.59 Å². The van der Waals surface area contributed by atoms with Crippen molar-refractivity contribution in [1.29, 1.82) is 0 Å². The molecule has 1 saturated heterocycles. The lowest BCUT2D eigenvalue weighted by molar-refractivity contribution is -0.123. The van der Waals surface area contributed by atoms with Gasteiger partial charge < -0.3 is 10.2 Å². The predicted molar refractivity (Wildman–Crippen MR) is 129 cm³/mol. The zero-order valence-electron chi connectivity index (χ0n) is 18.3. The van der Waals surface area contributed by atoms with E-state index in [1.54, 1.807) is 12.1 Å². The molecule has 0 aliphatic carbocycles. The van der Waals surface area contributed by atoms with Crippen LogP contribution in [0.5, 0.6) is 0 Å². The second-order valence-electron chi connectivity index (χ2n) is 8.37. The zero-order chi connectivity index (χ0) is 22.7. The summed E-state index contributed by atoms with van der Waals surface area (Å²) in [5.41, 5.74) is 4.26. The van der Waals surface area contributed by atoms with Crippen molar-refractivity contribution < 1.29 is 9.59 Å². The molecular weight excluding hydrogens is 420 g/mol. The normalized spacial score (nSPS) is 18.3. The highest BCUT2D eigenvalue weighted by Crippen LogP contribution is 2.38. The smallest absolute Gasteiger partial charge is 0.254 e. The minimum atomic E-state index is -0.363. The number of hydrogen-bond acceptors (Lipinski definition) is 2. The number of piperidine rings is 1. The summed E-state index contributed by atoms with van der Waals surface area (Å²) in [5.74, 6) is -0.478. The minimum absolute atomic E-state index is 0.0188. The van der Waals surface area contributed by atoms with E-state index < -0.39 is 0 Å².